The normalized spacial score (nSPS) is 17.8. The lowest BCUT2D eigenvalue weighted by Gasteiger charge is -2.10. The van der Waals surface area contributed by atoms with Gasteiger partial charge in [0.05, 0.1) is 31.5 Å². The van der Waals surface area contributed by atoms with Crippen LogP contribution in [0.5, 0.6) is 0 Å². The Hall–Kier alpha value is -0.160. The Morgan fingerprint density at radius 3 is 2.33 bits per heavy atom. The number of rotatable bonds is 9. The smallest absolute Gasteiger partial charge is 0.0779 e. The van der Waals surface area contributed by atoms with Crippen molar-refractivity contribution in [1.29, 1.82) is 0 Å². The Morgan fingerprint density at radius 2 is 1.89 bits per heavy atom. The highest BCUT2D eigenvalue weighted by Gasteiger charge is 2.21. The predicted octanol–water partition coefficient (Wildman–Crippen LogP) is 2.12. The first-order chi connectivity index (χ1) is 8.60. The summed E-state index contributed by atoms with van der Waals surface area (Å²) in [6, 6.07) is 0. The van der Waals surface area contributed by atoms with E-state index in [1.54, 1.807) is 13.8 Å². The molecule has 0 saturated heterocycles. The van der Waals surface area contributed by atoms with Crippen molar-refractivity contribution in [3.63, 3.8) is 0 Å². The molecule has 0 radical (unpaired) electrons. The summed E-state index contributed by atoms with van der Waals surface area (Å²) >= 11 is 0. The summed E-state index contributed by atoms with van der Waals surface area (Å²) in [5.74, 6) is 0. The maximum Gasteiger partial charge on any atom is 0.0779 e. The molecular weight excluding hydrogens is 232 g/mol. The van der Waals surface area contributed by atoms with Crippen LogP contribution in [0.3, 0.4) is 0 Å². The molecule has 1 fully saturated rings. The maximum absolute atomic E-state index is 8.69. The first kappa shape index (κ1) is 17.8. The van der Waals surface area contributed by atoms with Crippen molar-refractivity contribution in [2.45, 2.75) is 71.2 Å². The maximum atomic E-state index is 8.69. The van der Waals surface area contributed by atoms with E-state index in [2.05, 4.69) is 6.92 Å². The van der Waals surface area contributed by atoms with Gasteiger partial charge in [-0.2, -0.15) is 0 Å². The minimum atomic E-state index is -0.445. The van der Waals surface area contributed by atoms with Crippen LogP contribution in [-0.4, -0.2) is 48.3 Å². The summed E-state index contributed by atoms with van der Waals surface area (Å²) in [4.78, 5) is 0. The minimum absolute atomic E-state index is 0.00667. The molecule has 0 spiro atoms. The number of ether oxygens (including phenoxy) is 2. The minimum Gasteiger partial charge on any atom is -0.394 e. The second kappa shape index (κ2) is 11.9. The average Bonchev–Trinajstić information content (AvgIpc) is 3.16. The fraction of sp³-hybridized carbons (Fsp3) is 1.00. The zero-order valence-corrected chi connectivity index (χ0v) is 12.1. The SMILES string of the molecule is CC(O)COC(C)CO.CCCCCOC1CC1. The molecule has 1 saturated carbocycles. The van der Waals surface area contributed by atoms with E-state index in [0.717, 1.165) is 6.61 Å². The van der Waals surface area contributed by atoms with Crippen molar-refractivity contribution in [3.05, 3.63) is 0 Å². The molecule has 0 bridgehead atoms. The summed E-state index contributed by atoms with van der Waals surface area (Å²) in [6.07, 6.45) is 6.55. The summed E-state index contributed by atoms with van der Waals surface area (Å²) in [5, 5.41) is 17.1. The summed E-state index contributed by atoms with van der Waals surface area (Å²) < 4.78 is 10.4. The molecule has 0 amide bonds. The average molecular weight is 262 g/mol. The van der Waals surface area contributed by atoms with Gasteiger partial charge in [0.15, 0.2) is 0 Å². The second-order valence-corrected chi connectivity index (χ2v) is 4.95. The van der Waals surface area contributed by atoms with Crippen LogP contribution < -0.4 is 0 Å². The third-order valence-electron chi connectivity index (χ3n) is 2.50. The van der Waals surface area contributed by atoms with E-state index in [1.807, 2.05) is 0 Å². The van der Waals surface area contributed by atoms with Crippen LogP contribution in [0.4, 0.5) is 0 Å². The third kappa shape index (κ3) is 13.9. The molecule has 4 heteroatoms. The van der Waals surface area contributed by atoms with Gasteiger partial charge < -0.3 is 19.7 Å². The molecule has 2 N–H and O–H groups in total. The van der Waals surface area contributed by atoms with Crippen molar-refractivity contribution >= 4 is 0 Å². The molecule has 1 rings (SSSR count). The highest BCUT2D eigenvalue weighted by atomic mass is 16.5. The van der Waals surface area contributed by atoms with Crippen molar-refractivity contribution < 1.29 is 19.7 Å². The van der Waals surface area contributed by atoms with E-state index in [-0.39, 0.29) is 12.7 Å². The zero-order chi connectivity index (χ0) is 13.8. The molecule has 1 aliphatic carbocycles. The molecule has 110 valence electrons. The fourth-order valence-corrected chi connectivity index (χ4v) is 1.19. The summed E-state index contributed by atoms with van der Waals surface area (Å²) in [6.45, 7) is 6.91. The Morgan fingerprint density at radius 1 is 1.22 bits per heavy atom. The van der Waals surface area contributed by atoms with Crippen molar-refractivity contribution in [1.82, 2.24) is 0 Å². The van der Waals surface area contributed by atoms with Crippen LogP contribution in [0.2, 0.25) is 0 Å². The van der Waals surface area contributed by atoms with E-state index in [9.17, 15) is 0 Å². The quantitative estimate of drug-likeness (QED) is 0.625. The van der Waals surface area contributed by atoms with Gasteiger partial charge in [0, 0.05) is 6.61 Å². The molecule has 4 nitrogen and oxygen atoms in total. The number of hydrogen-bond acceptors (Lipinski definition) is 4. The van der Waals surface area contributed by atoms with E-state index in [4.69, 9.17) is 19.7 Å². The number of unbranched alkanes of at least 4 members (excludes halogenated alkanes) is 2. The van der Waals surface area contributed by atoms with Gasteiger partial charge in [-0.25, -0.2) is 0 Å². The van der Waals surface area contributed by atoms with E-state index in [0.29, 0.717) is 12.7 Å². The lowest BCUT2D eigenvalue weighted by Crippen LogP contribution is -2.19. The van der Waals surface area contributed by atoms with Gasteiger partial charge in [-0.05, 0) is 33.1 Å². The van der Waals surface area contributed by atoms with Crippen LogP contribution in [0.15, 0.2) is 0 Å². The number of aliphatic hydroxyl groups excluding tert-OH is 2. The standard InChI is InChI=1S/C8H16O.C6H14O3/c1-2-3-4-7-9-8-5-6-8;1-5(8)4-9-6(2)3-7/h8H,2-7H2,1H3;5-8H,3-4H2,1-2H3. The first-order valence-corrected chi connectivity index (χ1v) is 7.12. The second-order valence-electron chi connectivity index (χ2n) is 4.95. The van der Waals surface area contributed by atoms with Crippen LogP contribution in [-0.2, 0) is 9.47 Å². The first-order valence-electron chi connectivity index (χ1n) is 7.12. The third-order valence-corrected chi connectivity index (χ3v) is 2.50. The summed E-state index contributed by atoms with van der Waals surface area (Å²) in [7, 11) is 0. The molecule has 0 heterocycles. The Kier molecular flexibility index (Phi) is 11.8. The van der Waals surface area contributed by atoms with Crippen LogP contribution in [0, 0.1) is 0 Å². The van der Waals surface area contributed by atoms with E-state index >= 15 is 0 Å². The van der Waals surface area contributed by atoms with Crippen molar-refractivity contribution in [2.75, 3.05) is 19.8 Å². The van der Waals surface area contributed by atoms with Gasteiger partial charge in [-0.15, -0.1) is 0 Å². The van der Waals surface area contributed by atoms with Crippen molar-refractivity contribution in [2.24, 2.45) is 0 Å². The lowest BCUT2D eigenvalue weighted by atomic mass is 10.3. The Balaban J connectivity index is 0.000000321. The van der Waals surface area contributed by atoms with Gasteiger partial charge in [0.2, 0.25) is 0 Å². The van der Waals surface area contributed by atoms with Gasteiger partial charge in [0.1, 0.15) is 0 Å². The molecular formula is C14H30O4. The van der Waals surface area contributed by atoms with Gasteiger partial charge in [-0.1, -0.05) is 19.8 Å². The van der Waals surface area contributed by atoms with Gasteiger partial charge >= 0.3 is 0 Å². The van der Waals surface area contributed by atoms with Crippen LogP contribution in [0.1, 0.15) is 52.9 Å². The van der Waals surface area contributed by atoms with E-state index in [1.165, 1.54) is 32.1 Å². The predicted molar refractivity (Wildman–Crippen MR) is 72.7 cm³/mol. The van der Waals surface area contributed by atoms with E-state index < -0.39 is 6.10 Å². The molecule has 1 aliphatic rings. The summed E-state index contributed by atoms with van der Waals surface area (Å²) in [5.41, 5.74) is 0. The van der Waals surface area contributed by atoms with Crippen LogP contribution >= 0.6 is 0 Å². The molecule has 0 aromatic carbocycles. The number of aliphatic hydroxyl groups is 2. The molecule has 18 heavy (non-hydrogen) atoms. The fourth-order valence-electron chi connectivity index (χ4n) is 1.19. The monoisotopic (exact) mass is 262 g/mol. The molecule has 0 aliphatic heterocycles. The van der Waals surface area contributed by atoms with Gasteiger partial charge in [-0.3, -0.25) is 0 Å². The highest BCUT2D eigenvalue weighted by molar-refractivity contribution is 4.72. The largest absolute Gasteiger partial charge is 0.394 e. The number of hydrogen-bond donors (Lipinski definition) is 2. The Bertz CT molecular complexity index is 169. The highest BCUT2D eigenvalue weighted by Crippen LogP contribution is 2.23. The Labute approximate surface area is 111 Å². The molecule has 2 atom stereocenters. The molecule has 0 aromatic rings. The van der Waals surface area contributed by atoms with Crippen molar-refractivity contribution in [3.8, 4) is 0 Å². The lowest BCUT2D eigenvalue weighted by molar-refractivity contribution is -0.0177. The van der Waals surface area contributed by atoms with Crippen LogP contribution in [0.25, 0.3) is 0 Å². The zero-order valence-electron chi connectivity index (χ0n) is 12.1. The topological polar surface area (TPSA) is 58.9 Å². The molecule has 2 unspecified atom stereocenters. The molecule has 0 aromatic heterocycles. The van der Waals surface area contributed by atoms with Gasteiger partial charge in [0.25, 0.3) is 0 Å².